The van der Waals surface area contributed by atoms with Crippen molar-refractivity contribution in [2.24, 2.45) is 11.3 Å². The number of rotatable bonds is 4. The van der Waals surface area contributed by atoms with Gasteiger partial charge in [-0.05, 0) is 51.1 Å². The van der Waals surface area contributed by atoms with Crippen LogP contribution < -0.4 is 10.6 Å². The van der Waals surface area contributed by atoms with Crippen molar-refractivity contribution in [2.75, 3.05) is 13.1 Å². The van der Waals surface area contributed by atoms with Gasteiger partial charge in [0.2, 0.25) is 5.91 Å². The summed E-state index contributed by atoms with van der Waals surface area (Å²) in [4.78, 5) is 18.1. The van der Waals surface area contributed by atoms with Gasteiger partial charge in [0.05, 0.1) is 6.04 Å². The van der Waals surface area contributed by atoms with Gasteiger partial charge in [-0.25, -0.2) is 4.98 Å². The number of amides is 1. The van der Waals surface area contributed by atoms with E-state index in [9.17, 15) is 4.79 Å². The fraction of sp³-hybridized carbons (Fsp3) is 0.733. The molecule has 2 aliphatic rings. The number of thiazole rings is 1. The molecule has 1 spiro atoms. The fourth-order valence-electron chi connectivity index (χ4n) is 3.26. The largest absolute Gasteiger partial charge is 0.347 e. The quantitative estimate of drug-likeness (QED) is 0.895. The first-order chi connectivity index (χ1) is 9.64. The van der Waals surface area contributed by atoms with E-state index in [2.05, 4.69) is 22.5 Å². The minimum absolute atomic E-state index is 0.0344. The Hall–Kier alpha value is -0.940. The summed E-state index contributed by atoms with van der Waals surface area (Å²) < 4.78 is 0. The third kappa shape index (κ3) is 2.61. The lowest BCUT2D eigenvalue weighted by molar-refractivity contribution is -0.123. The summed E-state index contributed by atoms with van der Waals surface area (Å²) in [6.45, 7) is 6.29. The van der Waals surface area contributed by atoms with Crippen molar-refractivity contribution in [2.45, 2.75) is 45.6 Å². The van der Waals surface area contributed by atoms with Crippen molar-refractivity contribution in [3.05, 3.63) is 16.1 Å². The number of piperidine rings is 1. The lowest BCUT2D eigenvalue weighted by Gasteiger charge is -2.23. The number of nitrogens with zero attached hydrogens (tertiary/aromatic N) is 1. The zero-order valence-corrected chi connectivity index (χ0v) is 13.1. The van der Waals surface area contributed by atoms with Gasteiger partial charge in [0, 0.05) is 17.0 Å². The maximum absolute atomic E-state index is 12.4. The van der Waals surface area contributed by atoms with Crippen molar-refractivity contribution in [1.29, 1.82) is 0 Å². The third-order valence-corrected chi connectivity index (χ3v) is 6.08. The summed E-state index contributed by atoms with van der Waals surface area (Å²) in [6.07, 6.45) is 6.31. The van der Waals surface area contributed by atoms with E-state index < -0.39 is 0 Å². The normalized spacial score (nSPS) is 25.4. The predicted octanol–water partition coefficient (Wildman–Crippen LogP) is 2.27. The Balaban J connectivity index is 1.56. The monoisotopic (exact) mass is 293 g/mol. The molecule has 3 rings (SSSR count). The van der Waals surface area contributed by atoms with Gasteiger partial charge >= 0.3 is 0 Å². The second kappa shape index (κ2) is 5.45. The Labute approximate surface area is 124 Å². The maximum Gasteiger partial charge on any atom is 0.224 e. The number of nitrogens with one attached hydrogen (secondary N) is 2. The van der Waals surface area contributed by atoms with Crippen molar-refractivity contribution >= 4 is 17.2 Å². The topological polar surface area (TPSA) is 54.0 Å². The summed E-state index contributed by atoms with van der Waals surface area (Å²) in [6, 6.07) is 0.0344. The molecule has 1 aliphatic carbocycles. The highest BCUT2D eigenvalue weighted by Crippen LogP contribution is 2.58. The first kappa shape index (κ1) is 14.0. The van der Waals surface area contributed by atoms with E-state index in [0.717, 1.165) is 43.8 Å². The van der Waals surface area contributed by atoms with Crippen LogP contribution in [0, 0.1) is 11.3 Å². The number of aryl methyl sites for hydroxylation is 1. The van der Waals surface area contributed by atoms with Crippen LogP contribution in [0.1, 0.15) is 49.0 Å². The second-order valence-electron chi connectivity index (χ2n) is 6.12. The number of hydrogen-bond donors (Lipinski definition) is 2. The lowest BCUT2D eigenvalue weighted by atomic mass is 9.91. The smallest absolute Gasteiger partial charge is 0.224 e. The van der Waals surface area contributed by atoms with Crippen LogP contribution >= 0.6 is 11.3 Å². The Morgan fingerprint density at radius 1 is 1.60 bits per heavy atom. The SMILES string of the molecule is CCc1cnc(C(C)NC(=O)C2CC23CCNCC3)s1. The van der Waals surface area contributed by atoms with Crippen LogP contribution in [-0.4, -0.2) is 24.0 Å². The Bertz CT molecular complexity index is 493. The molecule has 2 unspecified atom stereocenters. The number of carbonyl (C=O) groups excluding carboxylic acids is 1. The van der Waals surface area contributed by atoms with E-state index in [1.54, 1.807) is 11.3 Å². The van der Waals surface area contributed by atoms with Crippen LogP contribution in [0.25, 0.3) is 0 Å². The molecule has 0 radical (unpaired) electrons. The van der Waals surface area contributed by atoms with Crippen molar-refractivity contribution in [3.8, 4) is 0 Å². The Kier molecular flexibility index (Phi) is 3.82. The van der Waals surface area contributed by atoms with Crippen LogP contribution in [-0.2, 0) is 11.2 Å². The van der Waals surface area contributed by atoms with E-state index in [1.807, 2.05) is 13.1 Å². The zero-order chi connectivity index (χ0) is 14.2. The highest BCUT2D eigenvalue weighted by molar-refractivity contribution is 7.11. The summed E-state index contributed by atoms with van der Waals surface area (Å²) >= 11 is 1.71. The molecule has 2 fully saturated rings. The van der Waals surface area contributed by atoms with E-state index in [0.29, 0.717) is 5.41 Å². The molecule has 1 amide bonds. The van der Waals surface area contributed by atoms with Crippen LogP contribution in [0.3, 0.4) is 0 Å². The maximum atomic E-state index is 12.4. The minimum atomic E-state index is 0.0344. The summed E-state index contributed by atoms with van der Waals surface area (Å²) in [5.41, 5.74) is 0.312. The van der Waals surface area contributed by atoms with Gasteiger partial charge in [0.25, 0.3) is 0 Å². The molecule has 1 saturated carbocycles. The van der Waals surface area contributed by atoms with Gasteiger partial charge in [0.1, 0.15) is 5.01 Å². The molecular weight excluding hydrogens is 270 g/mol. The van der Waals surface area contributed by atoms with E-state index >= 15 is 0 Å². The Morgan fingerprint density at radius 2 is 2.35 bits per heavy atom. The van der Waals surface area contributed by atoms with Gasteiger partial charge < -0.3 is 10.6 Å². The van der Waals surface area contributed by atoms with E-state index in [1.165, 1.54) is 4.88 Å². The number of hydrogen-bond acceptors (Lipinski definition) is 4. The van der Waals surface area contributed by atoms with Crippen LogP contribution in [0.2, 0.25) is 0 Å². The molecule has 4 nitrogen and oxygen atoms in total. The lowest BCUT2D eigenvalue weighted by Crippen LogP contribution is -2.34. The summed E-state index contributed by atoms with van der Waals surface area (Å²) in [7, 11) is 0. The van der Waals surface area contributed by atoms with Gasteiger partial charge in [-0.3, -0.25) is 4.79 Å². The molecule has 0 bridgehead atoms. The van der Waals surface area contributed by atoms with Crippen molar-refractivity contribution in [1.82, 2.24) is 15.6 Å². The number of carbonyl (C=O) groups is 1. The molecule has 2 heterocycles. The highest BCUT2D eigenvalue weighted by atomic mass is 32.1. The van der Waals surface area contributed by atoms with E-state index in [4.69, 9.17) is 0 Å². The first-order valence-electron chi connectivity index (χ1n) is 7.60. The fourth-order valence-corrected chi connectivity index (χ4v) is 4.12. The zero-order valence-electron chi connectivity index (χ0n) is 12.2. The molecule has 5 heteroatoms. The predicted molar refractivity (Wildman–Crippen MR) is 80.7 cm³/mol. The molecule has 1 aliphatic heterocycles. The van der Waals surface area contributed by atoms with Crippen molar-refractivity contribution in [3.63, 3.8) is 0 Å². The third-order valence-electron chi connectivity index (χ3n) is 4.75. The number of aromatic nitrogens is 1. The molecular formula is C15H23N3OS. The molecule has 0 aromatic carbocycles. The molecule has 2 N–H and O–H groups in total. The second-order valence-corrected chi connectivity index (χ2v) is 7.26. The molecule has 1 aromatic heterocycles. The molecule has 20 heavy (non-hydrogen) atoms. The average Bonchev–Trinajstić information content (AvgIpc) is 2.95. The highest BCUT2D eigenvalue weighted by Gasteiger charge is 2.57. The first-order valence-corrected chi connectivity index (χ1v) is 8.42. The van der Waals surface area contributed by atoms with Crippen LogP contribution in [0.5, 0.6) is 0 Å². The minimum Gasteiger partial charge on any atom is -0.347 e. The summed E-state index contributed by atoms with van der Waals surface area (Å²) in [5.74, 6) is 0.463. The molecule has 2 atom stereocenters. The van der Waals surface area contributed by atoms with Gasteiger partial charge in [-0.2, -0.15) is 0 Å². The molecule has 110 valence electrons. The van der Waals surface area contributed by atoms with Gasteiger partial charge in [0.15, 0.2) is 0 Å². The average molecular weight is 293 g/mol. The van der Waals surface area contributed by atoms with Gasteiger partial charge in [-0.15, -0.1) is 11.3 Å². The van der Waals surface area contributed by atoms with Gasteiger partial charge in [-0.1, -0.05) is 6.92 Å². The molecule has 1 saturated heterocycles. The Morgan fingerprint density at radius 3 is 3.00 bits per heavy atom. The standard InChI is InChI=1S/C15H23N3OS/c1-3-11-9-17-14(20-11)10(2)18-13(19)12-8-15(12)4-6-16-7-5-15/h9-10,12,16H,3-8H2,1-2H3,(H,18,19). The van der Waals surface area contributed by atoms with Crippen LogP contribution in [0.4, 0.5) is 0 Å². The van der Waals surface area contributed by atoms with E-state index in [-0.39, 0.29) is 17.9 Å². The summed E-state index contributed by atoms with van der Waals surface area (Å²) in [5, 5.41) is 7.55. The van der Waals surface area contributed by atoms with Crippen LogP contribution in [0.15, 0.2) is 6.20 Å². The molecule has 1 aromatic rings. The van der Waals surface area contributed by atoms with Crippen molar-refractivity contribution < 1.29 is 4.79 Å².